The van der Waals surface area contributed by atoms with Crippen LogP contribution in [0.3, 0.4) is 0 Å². The number of likely N-dealkylation sites (tertiary alicyclic amines) is 1. The second-order valence-corrected chi connectivity index (χ2v) is 11.0. The second-order valence-electron chi connectivity index (χ2n) is 11.0. The zero-order valence-electron chi connectivity index (χ0n) is 20.0. The molecule has 0 aromatic heterocycles. The van der Waals surface area contributed by atoms with Crippen LogP contribution in [0.15, 0.2) is 24.3 Å². The number of ether oxygens (including phenoxy) is 1. The van der Waals surface area contributed by atoms with Crippen LogP contribution in [-0.2, 0) is 23.9 Å². The van der Waals surface area contributed by atoms with Gasteiger partial charge >= 0.3 is 5.97 Å². The van der Waals surface area contributed by atoms with Gasteiger partial charge in [-0.1, -0.05) is 0 Å². The van der Waals surface area contributed by atoms with Crippen LogP contribution in [0.25, 0.3) is 0 Å². The summed E-state index contributed by atoms with van der Waals surface area (Å²) in [5.74, 6) is 0.413. The van der Waals surface area contributed by atoms with Crippen molar-refractivity contribution in [3.05, 3.63) is 24.3 Å². The molecule has 5 fully saturated rings. The fourth-order valence-electron chi connectivity index (χ4n) is 7.21. The minimum atomic E-state index is -0.866. The highest BCUT2D eigenvalue weighted by Gasteiger charge is 2.57. The lowest BCUT2D eigenvalue weighted by Crippen LogP contribution is -2.56. The molecule has 35 heavy (non-hydrogen) atoms. The number of rotatable bonds is 6. The number of aliphatic hydroxyl groups is 1. The molecular formula is C26H33N3O6. The normalized spacial score (nSPS) is 32.9. The predicted molar refractivity (Wildman–Crippen MR) is 127 cm³/mol. The number of β-amino-alcohol motifs (C(OH)–C–C–N with tert-alkyl or cyclic N) is 1. The largest absolute Gasteiger partial charge is 0.454 e. The molecule has 4 bridgehead atoms. The summed E-state index contributed by atoms with van der Waals surface area (Å²) in [6.07, 6.45) is 5.65. The highest BCUT2D eigenvalue weighted by atomic mass is 16.5. The predicted octanol–water partition coefficient (Wildman–Crippen LogP) is 2.30. The van der Waals surface area contributed by atoms with Crippen LogP contribution in [0.1, 0.15) is 51.9 Å². The molecule has 5 aliphatic rings. The summed E-state index contributed by atoms with van der Waals surface area (Å²) in [6, 6.07) is 5.69. The van der Waals surface area contributed by atoms with Crippen LogP contribution >= 0.6 is 0 Å². The SMILES string of the molecule is CC(=O)Nc1ccc(NC(=O)COC(=O)[C@@H]2CC(O)CN2C(=O)C23CC4CC(CC(C4)C2)C3)cc1. The number of hydrogen-bond donors (Lipinski definition) is 3. The molecule has 9 heteroatoms. The van der Waals surface area contributed by atoms with Gasteiger partial charge in [0.05, 0.1) is 11.5 Å². The molecule has 3 N–H and O–H groups in total. The molecule has 1 aromatic rings. The van der Waals surface area contributed by atoms with Gasteiger partial charge in [0.25, 0.3) is 5.91 Å². The lowest BCUT2D eigenvalue weighted by atomic mass is 9.49. The third-order valence-corrected chi connectivity index (χ3v) is 8.14. The van der Waals surface area contributed by atoms with E-state index in [0.717, 1.165) is 19.3 Å². The molecule has 4 saturated carbocycles. The molecule has 4 aliphatic carbocycles. The van der Waals surface area contributed by atoms with Crippen LogP contribution in [-0.4, -0.2) is 59.0 Å². The summed E-state index contributed by atoms with van der Waals surface area (Å²) >= 11 is 0. The number of amides is 3. The Kier molecular flexibility index (Phi) is 6.29. The second kappa shape index (κ2) is 9.26. The van der Waals surface area contributed by atoms with E-state index in [0.29, 0.717) is 29.1 Å². The van der Waals surface area contributed by atoms with Crippen molar-refractivity contribution in [1.82, 2.24) is 4.90 Å². The van der Waals surface area contributed by atoms with E-state index in [-0.39, 0.29) is 24.8 Å². The summed E-state index contributed by atoms with van der Waals surface area (Å²) in [5, 5.41) is 15.6. The van der Waals surface area contributed by atoms with Gasteiger partial charge < -0.3 is 25.4 Å². The molecule has 188 valence electrons. The van der Waals surface area contributed by atoms with Crippen LogP contribution < -0.4 is 10.6 Å². The standard InChI is InChI=1S/C26H33N3O6/c1-15(30)27-19-2-4-20(5-3-19)28-23(32)14-35-24(33)22-9-21(31)13-29(22)25(34)26-10-16-6-17(11-26)8-18(7-16)12-26/h2-5,16-18,21-22,31H,6-14H2,1H3,(H,27,30)(H,28,32)/t16?,17?,18?,21?,22-,26?/m0/s1. The first-order valence-corrected chi connectivity index (χ1v) is 12.5. The van der Waals surface area contributed by atoms with E-state index in [9.17, 15) is 24.3 Å². The Morgan fingerprint density at radius 2 is 1.49 bits per heavy atom. The van der Waals surface area contributed by atoms with Gasteiger partial charge in [-0.2, -0.15) is 0 Å². The van der Waals surface area contributed by atoms with E-state index < -0.39 is 36.0 Å². The number of anilines is 2. The Morgan fingerprint density at radius 3 is 2.03 bits per heavy atom. The van der Waals surface area contributed by atoms with E-state index in [1.54, 1.807) is 24.3 Å². The summed E-state index contributed by atoms with van der Waals surface area (Å²) in [6.45, 7) is 1.05. The zero-order chi connectivity index (χ0) is 24.7. The first-order chi connectivity index (χ1) is 16.7. The van der Waals surface area contributed by atoms with Crippen LogP contribution in [0.2, 0.25) is 0 Å². The van der Waals surface area contributed by atoms with Crippen molar-refractivity contribution >= 4 is 35.1 Å². The van der Waals surface area contributed by atoms with Gasteiger partial charge in [-0.15, -0.1) is 0 Å². The maximum Gasteiger partial charge on any atom is 0.329 e. The highest BCUT2D eigenvalue weighted by Crippen LogP contribution is 2.60. The van der Waals surface area contributed by atoms with Crippen molar-refractivity contribution in [2.45, 2.75) is 64.0 Å². The monoisotopic (exact) mass is 483 g/mol. The number of nitrogens with zero attached hydrogens (tertiary/aromatic N) is 1. The van der Waals surface area contributed by atoms with Gasteiger partial charge in [0.2, 0.25) is 11.8 Å². The fraction of sp³-hybridized carbons (Fsp3) is 0.615. The molecule has 2 atom stereocenters. The van der Waals surface area contributed by atoms with E-state index in [2.05, 4.69) is 10.6 Å². The topological polar surface area (TPSA) is 125 Å². The Bertz CT molecular complexity index is 987. The Balaban J connectivity index is 1.17. The van der Waals surface area contributed by atoms with Gasteiger partial charge in [0, 0.05) is 31.3 Å². The molecule has 0 radical (unpaired) electrons. The third kappa shape index (κ3) is 4.91. The van der Waals surface area contributed by atoms with E-state index in [1.165, 1.54) is 31.1 Å². The van der Waals surface area contributed by atoms with Gasteiger partial charge in [0.1, 0.15) is 6.04 Å². The van der Waals surface area contributed by atoms with E-state index in [4.69, 9.17) is 4.74 Å². The molecular weight excluding hydrogens is 450 g/mol. The Labute approximate surface area is 204 Å². The molecule has 1 heterocycles. The molecule has 1 unspecified atom stereocenters. The van der Waals surface area contributed by atoms with Gasteiger partial charge in [0.15, 0.2) is 6.61 Å². The van der Waals surface area contributed by atoms with Gasteiger partial charge in [-0.05, 0) is 80.5 Å². The first-order valence-electron chi connectivity index (χ1n) is 12.5. The molecule has 1 aromatic carbocycles. The number of nitrogens with one attached hydrogen (secondary N) is 2. The maximum atomic E-state index is 13.7. The van der Waals surface area contributed by atoms with Crippen molar-refractivity contribution in [3.63, 3.8) is 0 Å². The first kappa shape index (κ1) is 23.8. The molecule has 6 rings (SSSR count). The van der Waals surface area contributed by atoms with E-state index in [1.807, 2.05) is 0 Å². The van der Waals surface area contributed by atoms with Crippen LogP contribution in [0.4, 0.5) is 11.4 Å². The Morgan fingerprint density at radius 1 is 0.943 bits per heavy atom. The average molecular weight is 484 g/mol. The number of carbonyl (C=O) groups excluding carboxylic acids is 4. The zero-order valence-corrected chi connectivity index (χ0v) is 20.0. The lowest BCUT2D eigenvalue weighted by Gasteiger charge is -2.56. The highest BCUT2D eigenvalue weighted by molar-refractivity contribution is 5.95. The summed E-state index contributed by atoms with van der Waals surface area (Å²) < 4.78 is 5.27. The fourth-order valence-corrected chi connectivity index (χ4v) is 7.21. The van der Waals surface area contributed by atoms with Crippen LogP contribution in [0.5, 0.6) is 0 Å². The van der Waals surface area contributed by atoms with Crippen LogP contribution in [0, 0.1) is 23.2 Å². The van der Waals surface area contributed by atoms with Crippen molar-refractivity contribution < 1.29 is 29.0 Å². The minimum Gasteiger partial charge on any atom is -0.454 e. The third-order valence-electron chi connectivity index (χ3n) is 8.14. The van der Waals surface area contributed by atoms with Crippen molar-refractivity contribution in [2.75, 3.05) is 23.8 Å². The molecule has 9 nitrogen and oxygen atoms in total. The quantitative estimate of drug-likeness (QED) is 0.533. The minimum absolute atomic E-state index is 0.0150. The van der Waals surface area contributed by atoms with E-state index >= 15 is 0 Å². The molecule has 3 amide bonds. The lowest BCUT2D eigenvalue weighted by molar-refractivity contribution is -0.166. The summed E-state index contributed by atoms with van der Waals surface area (Å²) in [4.78, 5) is 51.6. The maximum absolute atomic E-state index is 13.7. The number of esters is 1. The molecule has 0 spiro atoms. The smallest absolute Gasteiger partial charge is 0.329 e. The van der Waals surface area contributed by atoms with Gasteiger partial charge in [-0.25, -0.2) is 4.79 Å². The van der Waals surface area contributed by atoms with Crippen molar-refractivity contribution in [3.8, 4) is 0 Å². The molecule has 1 saturated heterocycles. The number of benzene rings is 1. The summed E-state index contributed by atoms with van der Waals surface area (Å²) in [5.41, 5.74) is 0.693. The number of aliphatic hydroxyl groups excluding tert-OH is 1. The summed E-state index contributed by atoms with van der Waals surface area (Å²) in [7, 11) is 0. The Hall–Kier alpha value is -2.94. The average Bonchev–Trinajstić information content (AvgIpc) is 3.18. The number of hydrogen-bond acceptors (Lipinski definition) is 6. The number of carbonyl (C=O) groups is 4. The van der Waals surface area contributed by atoms with Crippen molar-refractivity contribution in [1.29, 1.82) is 0 Å². The molecule has 1 aliphatic heterocycles. The van der Waals surface area contributed by atoms with Gasteiger partial charge in [-0.3, -0.25) is 14.4 Å². The van der Waals surface area contributed by atoms with Crippen molar-refractivity contribution in [2.24, 2.45) is 23.2 Å².